The highest BCUT2D eigenvalue weighted by atomic mass is 19.1. The van der Waals surface area contributed by atoms with Crippen molar-refractivity contribution in [3.8, 4) is 0 Å². The molecular formula is C27H32FN5O. The van der Waals surface area contributed by atoms with E-state index in [0.29, 0.717) is 12.2 Å². The number of rotatable bonds is 5. The Morgan fingerprint density at radius 2 is 1.85 bits per heavy atom. The summed E-state index contributed by atoms with van der Waals surface area (Å²) in [6.07, 6.45) is 10.7. The second kappa shape index (κ2) is 9.76. The number of piperidine rings is 1. The number of hydrogen-bond donors (Lipinski definition) is 2. The molecule has 1 aliphatic carbocycles. The molecule has 0 radical (unpaired) electrons. The number of amides is 1. The summed E-state index contributed by atoms with van der Waals surface area (Å²) < 4.78 is 14.7. The number of likely N-dealkylation sites (tertiary alicyclic amines) is 1. The molecule has 7 heteroatoms. The van der Waals surface area contributed by atoms with Crippen LogP contribution in [0.25, 0.3) is 10.9 Å². The topological polar surface area (TPSA) is 84.1 Å². The Morgan fingerprint density at radius 3 is 2.59 bits per heavy atom. The minimum Gasteiger partial charge on any atom is -0.348 e. The van der Waals surface area contributed by atoms with Crippen molar-refractivity contribution in [3.63, 3.8) is 0 Å². The van der Waals surface area contributed by atoms with E-state index in [2.05, 4.69) is 20.2 Å². The molecule has 1 aromatic carbocycles. The molecule has 1 saturated carbocycles. The molecule has 0 spiro atoms. The number of pyridine rings is 2. The molecule has 2 aromatic heterocycles. The number of nitrogens with two attached hydrogens (primary N) is 1. The van der Waals surface area contributed by atoms with Gasteiger partial charge in [-0.1, -0.05) is 31.4 Å². The quantitative estimate of drug-likeness (QED) is 0.592. The van der Waals surface area contributed by atoms with Gasteiger partial charge in [-0.3, -0.25) is 14.7 Å². The van der Waals surface area contributed by atoms with Crippen LogP contribution in [0.3, 0.4) is 0 Å². The van der Waals surface area contributed by atoms with E-state index in [1.54, 1.807) is 18.5 Å². The van der Waals surface area contributed by atoms with Gasteiger partial charge >= 0.3 is 0 Å². The highest BCUT2D eigenvalue weighted by Gasteiger charge is 2.32. The fraction of sp³-hybridized carbons (Fsp3) is 0.444. The minimum absolute atomic E-state index is 0.177. The maximum absolute atomic E-state index is 14.7. The minimum atomic E-state index is -0.400. The lowest BCUT2D eigenvalue weighted by molar-refractivity contribution is 0.0922. The van der Waals surface area contributed by atoms with Gasteiger partial charge < -0.3 is 11.1 Å². The zero-order valence-electron chi connectivity index (χ0n) is 19.5. The van der Waals surface area contributed by atoms with Crippen LogP contribution in [0.1, 0.15) is 66.6 Å². The normalized spacial score (nSPS) is 19.2. The molecule has 3 heterocycles. The number of nitrogens with zero attached hydrogens (tertiary/aromatic N) is 3. The van der Waals surface area contributed by atoms with E-state index in [1.807, 2.05) is 24.3 Å². The van der Waals surface area contributed by atoms with Crippen LogP contribution in [-0.4, -0.2) is 39.9 Å². The van der Waals surface area contributed by atoms with E-state index in [9.17, 15) is 9.18 Å². The summed E-state index contributed by atoms with van der Waals surface area (Å²) >= 11 is 0. The van der Waals surface area contributed by atoms with Gasteiger partial charge in [0.15, 0.2) is 0 Å². The second-order valence-corrected chi connectivity index (χ2v) is 9.78. The third kappa shape index (κ3) is 4.81. The van der Waals surface area contributed by atoms with Crippen LogP contribution >= 0.6 is 0 Å². The lowest BCUT2D eigenvalue weighted by Crippen LogP contribution is -2.47. The Balaban J connectivity index is 1.36. The Labute approximate surface area is 199 Å². The molecule has 34 heavy (non-hydrogen) atoms. The maximum atomic E-state index is 14.7. The highest BCUT2D eigenvalue weighted by Crippen LogP contribution is 2.31. The first-order valence-electron chi connectivity index (χ1n) is 12.3. The molecule has 0 unspecified atom stereocenters. The van der Waals surface area contributed by atoms with Gasteiger partial charge in [-0.05, 0) is 61.1 Å². The summed E-state index contributed by atoms with van der Waals surface area (Å²) in [6, 6.07) is 11.0. The number of fused-ring (bicyclic) bond motifs is 1. The molecule has 3 aromatic rings. The van der Waals surface area contributed by atoms with Crippen LogP contribution in [-0.2, 0) is 12.1 Å². The molecule has 0 atom stereocenters. The molecule has 1 aliphatic heterocycles. The SMILES string of the molecule is NC1(c2ccncc2)CCN(Cc2cc(C(=O)NC3CCCCC3)nc3c(F)cccc23)CC1. The van der Waals surface area contributed by atoms with Crippen molar-refractivity contribution in [3.05, 3.63) is 71.4 Å². The predicted molar refractivity (Wildman–Crippen MR) is 131 cm³/mol. The highest BCUT2D eigenvalue weighted by molar-refractivity contribution is 5.96. The largest absolute Gasteiger partial charge is 0.348 e. The fourth-order valence-corrected chi connectivity index (χ4v) is 5.36. The lowest BCUT2D eigenvalue weighted by atomic mass is 9.82. The summed E-state index contributed by atoms with van der Waals surface area (Å²) in [4.78, 5) is 23.9. The molecule has 1 amide bonds. The fourth-order valence-electron chi connectivity index (χ4n) is 5.36. The third-order valence-electron chi connectivity index (χ3n) is 7.45. The molecule has 2 fully saturated rings. The molecule has 0 bridgehead atoms. The second-order valence-electron chi connectivity index (χ2n) is 9.78. The first-order valence-corrected chi connectivity index (χ1v) is 12.3. The number of carbonyl (C=O) groups is 1. The summed E-state index contributed by atoms with van der Waals surface area (Å²) in [7, 11) is 0. The number of halogens is 1. The van der Waals surface area contributed by atoms with Crippen molar-refractivity contribution >= 4 is 16.8 Å². The van der Waals surface area contributed by atoms with Gasteiger partial charge in [-0.2, -0.15) is 0 Å². The van der Waals surface area contributed by atoms with Crippen molar-refractivity contribution in [2.24, 2.45) is 5.73 Å². The number of carbonyl (C=O) groups excluding carboxylic acids is 1. The summed E-state index contributed by atoms with van der Waals surface area (Å²) in [5, 5.41) is 3.88. The van der Waals surface area contributed by atoms with Gasteiger partial charge in [0.25, 0.3) is 5.91 Å². The number of aromatic nitrogens is 2. The van der Waals surface area contributed by atoms with Crippen LogP contribution in [0.4, 0.5) is 4.39 Å². The summed E-state index contributed by atoms with van der Waals surface area (Å²) in [5.41, 5.74) is 8.95. The number of para-hydroxylation sites is 1. The van der Waals surface area contributed by atoms with Crippen molar-refractivity contribution in [1.82, 2.24) is 20.2 Å². The lowest BCUT2D eigenvalue weighted by Gasteiger charge is -2.39. The average molecular weight is 462 g/mol. The zero-order valence-corrected chi connectivity index (χ0v) is 19.5. The van der Waals surface area contributed by atoms with Gasteiger partial charge in [0.2, 0.25) is 0 Å². The Hall–Kier alpha value is -2.90. The summed E-state index contributed by atoms with van der Waals surface area (Å²) in [5.74, 6) is -0.612. The molecule has 1 saturated heterocycles. The van der Waals surface area contributed by atoms with E-state index in [-0.39, 0.29) is 23.0 Å². The maximum Gasteiger partial charge on any atom is 0.270 e. The van der Waals surface area contributed by atoms with Crippen LogP contribution in [0.5, 0.6) is 0 Å². The van der Waals surface area contributed by atoms with Crippen molar-refractivity contribution < 1.29 is 9.18 Å². The van der Waals surface area contributed by atoms with E-state index in [0.717, 1.165) is 68.1 Å². The monoisotopic (exact) mass is 461 g/mol. The van der Waals surface area contributed by atoms with Crippen LogP contribution in [0.2, 0.25) is 0 Å². The van der Waals surface area contributed by atoms with Crippen molar-refractivity contribution in [2.75, 3.05) is 13.1 Å². The van der Waals surface area contributed by atoms with Crippen LogP contribution in [0.15, 0.2) is 48.8 Å². The Kier molecular flexibility index (Phi) is 6.57. The van der Waals surface area contributed by atoms with Crippen LogP contribution < -0.4 is 11.1 Å². The Bertz CT molecular complexity index is 1150. The van der Waals surface area contributed by atoms with Crippen LogP contribution in [0, 0.1) is 5.82 Å². The van der Waals surface area contributed by atoms with Gasteiger partial charge in [0.05, 0.1) is 0 Å². The third-order valence-corrected chi connectivity index (χ3v) is 7.45. The van der Waals surface area contributed by atoms with Gasteiger partial charge in [0.1, 0.15) is 17.0 Å². The van der Waals surface area contributed by atoms with Gasteiger partial charge in [0, 0.05) is 49.0 Å². The Morgan fingerprint density at radius 1 is 1.12 bits per heavy atom. The molecular weight excluding hydrogens is 429 g/mol. The standard InChI is InChI=1S/C27H32FN5O/c28-23-8-4-7-22-19(17-24(32-25(22)23)26(34)31-21-5-2-1-3-6-21)18-33-15-11-27(29,12-16-33)20-9-13-30-14-10-20/h4,7-10,13-14,17,21H,1-3,5-6,11-12,15-16,18,29H2,(H,31,34). The molecule has 6 nitrogen and oxygen atoms in total. The first-order chi connectivity index (χ1) is 16.5. The average Bonchev–Trinajstić information content (AvgIpc) is 2.87. The number of benzene rings is 1. The molecule has 2 aliphatic rings. The molecule has 5 rings (SSSR count). The van der Waals surface area contributed by atoms with Gasteiger partial charge in [-0.25, -0.2) is 9.37 Å². The van der Waals surface area contributed by atoms with Crippen molar-refractivity contribution in [2.45, 2.75) is 63.1 Å². The molecule has 3 N–H and O–H groups in total. The smallest absolute Gasteiger partial charge is 0.270 e. The van der Waals surface area contributed by atoms with E-state index >= 15 is 0 Å². The summed E-state index contributed by atoms with van der Waals surface area (Å²) in [6.45, 7) is 2.27. The number of hydrogen-bond acceptors (Lipinski definition) is 5. The van der Waals surface area contributed by atoms with Gasteiger partial charge in [-0.15, -0.1) is 0 Å². The van der Waals surface area contributed by atoms with Crippen molar-refractivity contribution in [1.29, 1.82) is 0 Å². The molecule has 178 valence electrons. The van der Waals surface area contributed by atoms with E-state index < -0.39 is 5.82 Å². The predicted octanol–water partition coefficient (Wildman–Crippen LogP) is 4.28. The first kappa shape index (κ1) is 22.9. The van der Waals surface area contributed by atoms with E-state index in [4.69, 9.17) is 5.73 Å². The number of nitrogens with one attached hydrogen (secondary N) is 1. The zero-order chi connectivity index (χ0) is 23.5. The van der Waals surface area contributed by atoms with E-state index in [1.165, 1.54) is 12.5 Å².